The molecule has 1 saturated heterocycles. The first-order valence-corrected chi connectivity index (χ1v) is 10.3. The molecule has 0 saturated carbocycles. The molecule has 148 valence electrons. The molecule has 1 aromatic heterocycles. The maximum Gasteiger partial charge on any atom is 0.255 e. The van der Waals surface area contributed by atoms with E-state index >= 15 is 0 Å². The van der Waals surface area contributed by atoms with E-state index in [9.17, 15) is 10.1 Å². The van der Waals surface area contributed by atoms with Gasteiger partial charge in [0.25, 0.3) is 5.91 Å². The molecule has 4 rings (SSSR count). The minimum atomic E-state index is -0.0439. The molecule has 0 spiro atoms. The van der Waals surface area contributed by atoms with Gasteiger partial charge >= 0.3 is 0 Å². The number of likely N-dealkylation sites (tertiary alicyclic amines) is 1. The predicted octanol–water partition coefficient (Wildman–Crippen LogP) is 5.35. The topological polar surface area (TPSA) is 49.0 Å². The summed E-state index contributed by atoms with van der Waals surface area (Å²) < 4.78 is 2.06. The van der Waals surface area contributed by atoms with Gasteiger partial charge < -0.3 is 9.47 Å². The van der Waals surface area contributed by atoms with Crippen molar-refractivity contribution in [1.29, 1.82) is 5.26 Å². The summed E-state index contributed by atoms with van der Waals surface area (Å²) in [4.78, 5) is 14.6. The number of rotatable bonds is 3. The lowest BCUT2D eigenvalue weighted by atomic mass is 9.99. The van der Waals surface area contributed by atoms with Crippen molar-refractivity contribution < 1.29 is 4.79 Å². The highest BCUT2D eigenvalue weighted by Gasteiger charge is 2.30. The minimum absolute atomic E-state index is 0.0439. The van der Waals surface area contributed by atoms with Gasteiger partial charge in [-0.25, -0.2) is 0 Å². The molecule has 4 nitrogen and oxygen atoms in total. The Kier molecular flexibility index (Phi) is 5.06. The van der Waals surface area contributed by atoms with Crippen LogP contribution in [0.5, 0.6) is 0 Å². The van der Waals surface area contributed by atoms with Crippen LogP contribution >= 0.6 is 23.2 Å². The van der Waals surface area contributed by atoms with Gasteiger partial charge in [0.1, 0.15) is 0 Å². The molecule has 1 aliphatic rings. The van der Waals surface area contributed by atoms with Gasteiger partial charge in [-0.2, -0.15) is 5.26 Å². The Labute approximate surface area is 180 Å². The van der Waals surface area contributed by atoms with Crippen LogP contribution in [0.3, 0.4) is 0 Å². The molecule has 6 heteroatoms. The summed E-state index contributed by atoms with van der Waals surface area (Å²) >= 11 is 13.1. The van der Waals surface area contributed by atoms with E-state index in [0.29, 0.717) is 33.5 Å². The van der Waals surface area contributed by atoms with Crippen molar-refractivity contribution in [1.82, 2.24) is 9.47 Å². The molecule has 1 amide bonds. The normalized spacial score (nSPS) is 14.1. The number of carbonyl (C=O) groups is 1. The van der Waals surface area contributed by atoms with E-state index in [1.165, 1.54) is 0 Å². The third-order valence-corrected chi connectivity index (χ3v) is 6.51. The van der Waals surface area contributed by atoms with Crippen LogP contribution in [-0.2, 0) is 13.5 Å². The van der Waals surface area contributed by atoms with Gasteiger partial charge in [-0.3, -0.25) is 4.79 Å². The monoisotopic (exact) mass is 425 g/mol. The van der Waals surface area contributed by atoms with Gasteiger partial charge in [0, 0.05) is 48.2 Å². The second-order valence-electron chi connectivity index (χ2n) is 7.91. The summed E-state index contributed by atoms with van der Waals surface area (Å²) in [6.07, 6.45) is 0.502. The van der Waals surface area contributed by atoms with E-state index in [1.54, 1.807) is 12.1 Å². The number of aryl methyl sites for hydroxylation is 2. The Morgan fingerprint density at radius 2 is 1.97 bits per heavy atom. The quantitative estimate of drug-likeness (QED) is 0.567. The third kappa shape index (κ3) is 3.39. The molecule has 0 unspecified atom stereocenters. The first-order valence-electron chi connectivity index (χ1n) is 9.55. The SMILES string of the molecule is Cc1cc(C#N)cc2c1cc(Cc1c(Cl)ccc(C(=O)N3CC(C)C3)c1Cl)n2C. The molecule has 0 bridgehead atoms. The first kappa shape index (κ1) is 19.8. The smallest absolute Gasteiger partial charge is 0.255 e. The maximum atomic E-state index is 12.8. The highest BCUT2D eigenvalue weighted by Crippen LogP contribution is 2.34. The fourth-order valence-corrected chi connectivity index (χ4v) is 4.62. The summed E-state index contributed by atoms with van der Waals surface area (Å²) in [6, 6.07) is 11.6. The van der Waals surface area contributed by atoms with Crippen LogP contribution in [0.15, 0.2) is 30.3 Å². The van der Waals surface area contributed by atoms with Crippen LogP contribution in [0.1, 0.15) is 39.7 Å². The van der Waals surface area contributed by atoms with Crippen LogP contribution in [0.4, 0.5) is 0 Å². The lowest BCUT2D eigenvalue weighted by molar-refractivity contribution is 0.0530. The molecular formula is C23H21Cl2N3O. The molecule has 3 aromatic rings. The van der Waals surface area contributed by atoms with E-state index < -0.39 is 0 Å². The second-order valence-corrected chi connectivity index (χ2v) is 8.70. The summed E-state index contributed by atoms with van der Waals surface area (Å²) in [5.74, 6) is 0.486. The number of benzene rings is 2. The van der Waals surface area contributed by atoms with Crippen LogP contribution in [0, 0.1) is 24.2 Å². The van der Waals surface area contributed by atoms with Crippen LogP contribution < -0.4 is 0 Å². The Hall–Kier alpha value is -2.48. The molecule has 0 aliphatic carbocycles. The summed E-state index contributed by atoms with van der Waals surface area (Å²) in [7, 11) is 1.97. The van der Waals surface area contributed by atoms with Crippen molar-refractivity contribution in [2.24, 2.45) is 13.0 Å². The Balaban J connectivity index is 1.74. The van der Waals surface area contributed by atoms with Crippen molar-refractivity contribution in [2.45, 2.75) is 20.3 Å². The number of nitrogens with zero attached hydrogens (tertiary/aromatic N) is 3. The van der Waals surface area contributed by atoms with E-state index in [4.69, 9.17) is 23.2 Å². The van der Waals surface area contributed by atoms with E-state index in [0.717, 1.165) is 40.8 Å². The molecule has 0 N–H and O–H groups in total. The van der Waals surface area contributed by atoms with Crippen LogP contribution in [-0.4, -0.2) is 28.5 Å². The number of carbonyl (C=O) groups excluding carboxylic acids is 1. The van der Waals surface area contributed by atoms with Gasteiger partial charge in [0.05, 0.1) is 22.2 Å². The first-order chi connectivity index (χ1) is 13.8. The van der Waals surface area contributed by atoms with Gasteiger partial charge in [-0.05, 0) is 54.3 Å². The largest absolute Gasteiger partial charge is 0.347 e. The molecule has 1 fully saturated rings. The number of hydrogen-bond acceptors (Lipinski definition) is 2. The number of fused-ring (bicyclic) bond motifs is 1. The van der Waals surface area contributed by atoms with Crippen molar-refractivity contribution in [3.8, 4) is 6.07 Å². The van der Waals surface area contributed by atoms with Gasteiger partial charge in [0.2, 0.25) is 0 Å². The average molecular weight is 426 g/mol. The summed E-state index contributed by atoms with van der Waals surface area (Å²) in [5, 5.41) is 11.3. The van der Waals surface area contributed by atoms with E-state index in [-0.39, 0.29) is 5.91 Å². The molecular weight excluding hydrogens is 405 g/mol. The molecule has 1 aliphatic heterocycles. The molecule has 2 aromatic carbocycles. The summed E-state index contributed by atoms with van der Waals surface area (Å²) in [6.45, 7) is 5.65. The van der Waals surface area contributed by atoms with Gasteiger partial charge in [0.15, 0.2) is 0 Å². The predicted molar refractivity (Wildman–Crippen MR) is 117 cm³/mol. The van der Waals surface area contributed by atoms with E-state index in [1.807, 2.05) is 31.0 Å². The number of aromatic nitrogens is 1. The zero-order valence-electron chi connectivity index (χ0n) is 16.6. The number of halogens is 2. The number of amides is 1. The molecule has 2 heterocycles. The van der Waals surface area contributed by atoms with Crippen LogP contribution in [0.2, 0.25) is 10.0 Å². The summed E-state index contributed by atoms with van der Waals surface area (Å²) in [5.41, 5.74) is 4.94. The number of nitriles is 1. The molecule has 0 radical (unpaired) electrons. The van der Waals surface area contributed by atoms with Crippen molar-refractivity contribution >= 4 is 40.0 Å². The standard InChI is InChI=1S/C23H21Cl2N3O/c1-13-11-28(12-13)23(29)17-4-5-20(24)19(22(17)25)9-16-8-18-14(2)6-15(10-26)7-21(18)27(16)3/h4-8,13H,9,11-12H2,1-3H3. The lowest BCUT2D eigenvalue weighted by Crippen LogP contribution is -2.48. The maximum absolute atomic E-state index is 12.8. The Bertz CT molecular complexity index is 1180. The van der Waals surface area contributed by atoms with E-state index in [2.05, 4.69) is 23.6 Å². The highest BCUT2D eigenvalue weighted by molar-refractivity contribution is 6.38. The molecule has 29 heavy (non-hydrogen) atoms. The zero-order chi connectivity index (χ0) is 20.9. The van der Waals surface area contributed by atoms with Crippen molar-refractivity contribution in [3.63, 3.8) is 0 Å². The van der Waals surface area contributed by atoms with Gasteiger partial charge in [-0.1, -0.05) is 30.1 Å². The van der Waals surface area contributed by atoms with Gasteiger partial charge in [-0.15, -0.1) is 0 Å². The minimum Gasteiger partial charge on any atom is -0.347 e. The van der Waals surface area contributed by atoms with Crippen LogP contribution in [0.25, 0.3) is 10.9 Å². The fraction of sp³-hybridized carbons (Fsp3) is 0.304. The second kappa shape index (κ2) is 7.40. The average Bonchev–Trinajstić information content (AvgIpc) is 2.98. The fourth-order valence-electron chi connectivity index (χ4n) is 4.04. The molecule has 0 atom stereocenters. The Morgan fingerprint density at radius 1 is 1.24 bits per heavy atom. The third-order valence-electron chi connectivity index (χ3n) is 5.72. The van der Waals surface area contributed by atoms with Crippen molar-refractivity contribution in [3.05, 3.63) is 68.3 Å². The lowest BCUT2D eigenvalue weighted by Gasteiger charge is -2.37. The zero-order valence-corrected chi connectivity index (χ0v) is 18.1. The number of hydrogen-bond donors (Lipinski definition) is 0. The highest BCUT2D eigenvalue weighted by atomic mass is 35.5. The Morgan fingerprint density at radius 3 is 2.62 bits per heavy atom. The van der Waals surface area contributed by atoms with Crippen molar-refractivity contribution in [2.75, 3.05) is 13.1 Å².